The Hall–Kier alpha value is -0.700. The maximum Gasteiger partial charge on any atom is 0.143 e. The van der Waals surface area contributed by atoms with Crippen LogP contribution >= 0.6 is 15.9 Å². The van der Waals surface area contributed by atoms with Crippen LogP contribution in [0.1, 0.15) is 12.8 Å². The Kier molecular flexibility index (Phi) is 2.44. The van der Waals surface area contributed by atoms with E-state index in [1.54, 1.807) is 0 Å². The topological polar surface area (TPSA) is 35.2 Å². The highest BCUT2D eigenvalue weighted by Crippen LogP contribution is 2.33. The van der Waals surface area contributed by atoms with Crippen molar-refractivity contribution in [2.45, 2.75) is 12.8 Å². The van der Waals surface area contributed by atoms with Crippen molar-refractivity contribution in [3.8, 4) is 5.75 Å². The fourth-order valence-corrected chi connectivity index (χ4v) is 1.48. The summed E-state index contributed by atoms with van der Waals surface area (Å²) in [5.41, 5.74) is 6.51. The maximum atomic E-state index is 5.82. The van der Waals surface area contributed by atoms with Crippen LogP contribution in [0.5, 0.6) is 5.75 Å². The van der Waals surface area contributed by atoms with Crippen molar-refractivity contribution in [2.75, 3.05) is 12.3 Å². The molecule has 13 heavy (non-hydrogen) atoms. The van der Waals surface area contributed by atoms with E-state index in [0.717, 1.165) is 22.7 Å². The SMILES string of the molecule is Nc1c(Br)cccc1OCC1CC1. The van der Waals surface area contributed by atoms with Crippen molar-refractivity contribution in [1.82, 2.24) is 0 Å². The Morgan fingerprint density at radius 1 is 1.46 bits per heavy atom. The van der Waals surface area contributed by atoms with Crippen molar-refractivity contribution >= 4 is 21.6 Å². The summed E-state index contributed by atoms with van der Waals surface area (Å²) in [5.74, 6) is 1.56. The van der Waals surface area contributed by atoms with Gasteiger partial charge in [-0.2, -0.15) is 0 Å². The summed E-state index contributed by atoms with van der Waals surface area (Å²) in [6.45, 7) is 0.806. The van der Waals surface area contributed by atoms with Crippen LogP contribution in [0.15, 0.2) is 22.7 Å². The van der Waals surface area contributed by atoms with E-state index in [2.05, 4.69) is 15.9 Å². The van der Waals surface area contributed by atoms with Gasteiger partial charge in [0.25, 0.3) is 0 Å². The first-order valence-electron chi connectivity index (χ1n) is 4.44. The standard InChI is InChI=1S/C10H12BrNO/c11-8-2-1-3-9(10(8)12)13-6-7-4-5-7/h1-3,7H,4-6,12H2. The zero-order valence-corrected chi connectivity index (χ0v) is 8.88. The van der Waals surface area contributed by atoms with Crippen molar-refractivity contribution in [3.05, 3.63) is 22.7 Å². The molecule has 0 aliphatic heterocycles. The normalized spacial score (nSPS) is 15.8. The van der Waals surface area contributed by atoms with Crippen LogP contribution in [0.4, 0.5) is 5.69 Å². The van der Waals surface area contributed by atoms with E-state index in [1.165, 1.54) is 12.8 Å². The van der Waals surface area contributed by atoms with Gasteiger partial charge in [0.1, 0.15) is 5.75 Å². The first-order valence-corrected chi connectivity index (χ1v) is 5.23. The third kappa shape index (κ3) is 2.15. The van der Waals surface area contributed by atoms with Gasteiger partial charge in [-0.1, -0.05) is 6.07 Å². The van der Waals surface area contributed by atoms with E-state index in [4.69, 9.17) is 10.5 Å². The lowest BCUT2D eigenvalue weighted by Crippen LogP contribution is -2.01. The molecule has 0 unspecified atom stereocenters. The number of hydrogen-bond acceptors (Lipinski definition) is 2. The Labute approximate surface area is 86.2 Å². The van der Waals surface area contributed by atoms with Crippen LogP contribution in [0.25, 0.3) is 0 Å². The van der Waals surface area contributed by atoms with Gasteiger partial charge in [-0.15, -0.1) is 0 Å². The predicted octanol–water partition coefficient (Wildman–Crippen LogP) is 2.82. The summed E-state index contributed by atoms with van der Waals surface area (Å²) in [5, 5.41) is 0. The molecule has 1 aliphatic carbocycles. The Balaban J connectivity index is 2.05. The van der Waals surface area contributed by atoms with Gasteiger partial charge in [-0.3, -0.25) is 0 Å². The lowest BCUT2D eigenvalue weighted by molar-refractivity contribution is 0.301. The van der Waals surface area contributed by atoms with E-state index in [9.17, 15) is 0 Å². The summed E-state index contributed by atoms with van der Waals surface area (Å²) in [4.78, 5) is 0. The summed E-state index contributed by atoms with van der Waals surface area (Å²) in [6, 6.07) is 5.75. The average molecular weight is 242 g/mol. The van der Waals surface area contributed by atoms with Gasteiger partial charge < -0.3 is 10.5 Å². The van der Waals surface area contributed by atoms with Crippen LogP contribution < -0.4 is 10.5 Å². The monoisotopic (exact) mass is 241 g/mol. The van der Waals surface area contributed by atoms with Gasteiger partial charge in [0, 0.05) is 4.47 Å². The third-order valence-corrected chi connectivity index (χ3v) is 2.88. The molecular weight excluding hydrogens is 230 g/mol. The highest BCUT2D eigenvalue weighted by Gasteiger charge is 2.22. The molecule has 1 aromatic rings. The number of nitrogens with two attached hydrogens (primary N) is 1. The largest absolute Gasteiger partial charge is 0.491 e. The molecule has 1 fully saturated rings. The van der Waals surface area contributed by atoms with Gasteiger partial charge in [0.15, 0.2) is 0 Å². The van der Waals surface area contributed by atoms with Gasteiger partial charge in [0.05, 0.1) is 12.3 Å². The number of ether oxygens (including phenoxy) is 1. The smallest absolute Gasteiger partial charge is 0.143 e. The van der Waals surface area contributed by atoms with E-state index in [1.807, 2.05) is 18.2 Å². The molecule has 2 rings (SSSR count). The lowest BCUT2D eigenvalue weighted by atomic mass is 10.3. The molecule has 0 heterocycles. The molecule has 0 bridgehead atoms. The van der Waals surface area contributed by atoms with Crippen LogP contribution in [0.2, 0.25) is 0 Å². The van der Waals surface area contributed by atoms with Gasteiger partial charge in [-0.05, 0) is 46.8 Å². The molecular formula is C10H12BrNO. The minimum absolute atomic E-state index is 0.697. The molecule has 0 atom stereocenters. The zero-order chi connectivity index (χ0) is 9.26. The molecule has 1 aromatic carbocycles. The highest BCUT2D eigenvalue weighted by molar-refractivity contribution is 9.10. The average Bonchev–Trinajstić information content (AvgIpc) is 2.91. The van der Waals surface area contributed by atoms with Crippen LogP contribution in [-0.2, 0) is 0 Å². The van der Waals surface area contributed by atoms with Gasteiger partial charge in [-0.25, -0.2) is 0 Å². The minimum atomic E-state index is 0.697. The van der Waals surface area contributed by atoms with E-state index < -0.39 is 0 Å². The van der Waals surface area contributed by atoms with Crippen molar-refractivity contribution < 1.29 is 4.74 Å². The van der Waals surface area contributed by atoms with E-state index in [0.29, 0.717) is 5.69 Å². The van der Waals surface area contributed by atoms with Crippen molar-refractivity contribution in [3.63, 3.8) is 0 Å². The van der Waals surface area contributed by atoms with Gasteiger partial charge >= 0.3 is 0 Å². The molecule has 3 heteroatoms. The van der Waals surface area contributed by atoms with Crippen LogP contribution in [0, 0.1) is 5.92 Å². The minimum Gasteiger partial charge on any atom is -0.491 e. The second kappa shape index (κ2) is 3.58. The number of rotatable bonds is 3. The molecule has 2 nitrogen and oxygen atoms in total. The molecule has 0 spiro atoms. The molecule has 0 amide bonds. The van der Waals surface area contributed by atoms with E-state index in [-0.39, 0.29) is 0 Å². The molecule has 0 saturated heterocycles. The Morgan fingerprint density at radius 2 is 2.23 bits per heavy atom. The maximum absolute atomic E-state index is 5.82. The molecule has 2 N–H and O–H groups in total. The molecule has 0 aromatic heterocycles. The predicted molar refractivity (Wildman–Crippen MR) is 56.8 cm³/mol. The molecule has 1 aliphatic rings. The fraction of sp³-hybridized carbons (Fsp3) is 0.400. The van der Waals surface area contributed by atoms with Crippen LogP contribution in [0.3, 0.4) is 0 Å². The summed E-state index contributed by atoms with van der Waals surface area (Å²) in [6.07, 6.45) is 2.60. The van der Waals surface area contributed by atoms with E-state index >= 15 is 0 Å². The first kappa shape index (κ1) is 8.88. The van der Waals surface area contributed by atoms with Crippen molar-refractivity contribution in [1.29, 1.82) is 0 Å². The van der Waals surface area contributed by atoms with Gasteiger partial charge in [0.2, 0.25) is 0 Å². The number of hydrogen-bond donors (Lipinski definition) is 1. The molecule has 1 saturated carbocycles. The Morgan fingerprint density at radius 3 is 2.92 bits per heavy atom. The summed E-state index contributed by atoms with van der Waals surface area (Å²) >= 11 is 3.36. The number of anilines is 1. The number of halogens is 1. The Bertz CT molecular complexity index is 310. The quantitative estimate of drug-likeness (QED) is 0.827. The fourth-order valence-electron chi connectivity index (χ4n) is 1.14. The first-order chi connectivity index (χ1) is 6.27. The second-order valence-electron chi connectivity index (χ2n) is 3.41. The van der Waals surface area contributed by atoms with Crippen LogP contribution in [-0.4, -0.2) is 6.61 Å². The number of nitrogen functional groups attached to an aromatic ring is 1. The zero-order valence-electron chi connectivity index (χ0n) is 7.29. The molecule has 0 radical (unpaired) electrons. The number of benzene rings is 1. The number of para-hydroxylation sites is 1. The summed E-state index contributed by atoms with van der Waals surface area (Å²) < 4.78 is 6.49. The third-order valence-electron chi connectivity index (χ3n) is 2.18. The lowest BCUT2D eigenvalue weighted by Gasteiger charge is -2.08. The summed E-state index contributed by atoms with van der Waals surface area (Å²) in [7, 11) is 0. The highest BCUT2D eigenvalue weighted by atomic mass is 79.9. The molecule has 70 valence electrons. The second-order valence-corrected chi connectivity index (χ2v) is 4.26. The van der Waals surface area contributed by atoms with Crippen molar-refractivity contribution in [2.24, 2.45) is 5.92 Å².